The van der Waals surface area contributed by atoms with Crippen molar-refractivity contribution in [2.45, 2.75) is 19.9 Å². The van der Waals surface area contributed by atoms with Gasteiger partial charge in [-0.1, -0.05) is 47.5 Å². The van der Waals surface area contributed by atoms with Crippen molar-refractivity contribution < 1.29 is 9.53 Å². The number of benzene rings is 3. The Labute approximate surface area is 203 Å². The van der Waals surface area contributed by atoms with Crippen molar-refractivity contribution >= 4 is 28.4 Å². The van der Waals surface area contributed by atoms with Crippen LogP contribution in [0.4, 0.5) is 0 Å². The van der Waals surface area contributed by atoms with Crippen molar-refractivity contribution in [3.05, 3.63) is 105 Å². The molecule has 1 heterocycles. The van der Waals surface area contributed by atoms with Gasteiger partial charge >= 0.3 is 0 Å². The van der Waals surface area contributed by atoms with Gasteiger partial charge < -0.3 is 9.64 Å². The minimum Gasteiger partial charge on any atom is -0.383 e. The summed E-state index contributed by atoms with van der Waals surface area (Å²) in [4.78, 5) is 33.7. The minimum absolute atomic E-state index is 0.166. The molecule has 0 aliphatic rings. The summed E-state index contributed by atoms with van der Waals surface area (Å²) in [6.07, 6.45) is 0. The molecule has 174 valence electrons. The fraction of sp³-hybridized carbons (Fsp3) is 0.222. The number of hydrogen-bond acceptors (Lipinski definition) is 4. The zero-order chi connectivity index (χ0) is 24.2. The van der Waals surface area contributed by atoms with Gasteiger partial charge in [-0.15, -0.1) is 0 Å². The molecule has 0 bridgehead atoms. The molecule has 1 amide bonds. The Kier molecular flexibility index (Phi) is 7.10. The third-order valence-electron chi connectivity index (χ3n) is 5.81. The Balaban J connectivity index is 1.92. The Morgan fingerprint density at radius 2 is 1.79 bits per heavy atom. The summed E-state index contributed by atoms with van der Waals surface area (Å²) in [7, 11) is 1.59. The molecule has 7 heteroatoms. The van der Waals surface area contributed by atoms with Gasteiger partial charge in [0.2, 0.25) is 0 Å². The molecule has 0 aliphatic carbocycles. The van der Waals surface area contributed by atoms with E-state index in [2.05, 4.69) is 0 Å². The number of nitrogens with zero attached hydrogens (tertiary/aromatic N) is 3. The molecule has 0 aliphatic heterocycles. The number of methoxy groups -OCH3 is 1. The summed E-state index contributed by atoms with van der Waals surface area (Å²) in [5.41, 5.74) is 2.58. The second-order valence-electron chi connectivity index (χ2n) is 8.14. The molecule has 4 rings (SSSR count). The summed E-state index contributed by atoms with van der Waals surface area (Å²) in [5.74, 6) is 0.282. The van der Waals surface area contributed by atoms with Gasteiger partial charge in [0.25, 0.3) is 11.5 Å². The molecule has 3 aromatic carbocycles. The van der Waals surface area contributed by atoms with E-state index in [-0.39, 0.29) is 11.5 Å². The Morgan fingerprint density at radius 3 is 2.47 bits per heavy atom. The van der Waals surface area contributed by atoms with Gasteiger partial charge in [-0.3, -0.25) is 14.2 Å². The number of aromatic nitrogens is 2. The molecule has 1 unspecified atom stereocenters. The number of ether oxygens (including phenoxy) is 1. The van der Waals surface area contributed by atoms with E-state index in [1.54, 1.807) is 46.9 Å². The number of amides is 1. The molecule has 6 nitrogen and oxygen atoms in total. The number of hydrogen-bond donors (Lipinski definition) is 0. The first-order valence-electron chi connectivity index (χ1n) is 11.0. The van der Waals surface area contributed by atoms with Crippen LogP contribution in [0.5, 0.6) is 0 Å². The van der Waals surface area contributed by atoms with E-state index in [1.807, 2.05) is 56.3 Å². The second kappa shape index (κ2) is 10.2. The largest absolute Gasteiger partial charge is 0.383 e. The van der Waals surface area contributed by atoms with Crippen LogP contribution in [0.25, 0.3) is 16.6 Å². The molecule has 0 fully saturated rings. The third kappa shape index (κ3) is 4.74. The van der Waals surface area contributed by atoms with Crippen LogP contribution in [0.2, 0.25) is 5.02 Å². The maximum Gasteiger partial charge on any atom is 0.266 e. The molecule has 4 aromatic rings. The maximum absolute atomic E-state index is 13.7. The highest BCUT2D eigenvalue weighted by molar-refractivity contribution is 6.31. The van der Waals surface area contributed by atoms with Crippen LogP contribution in [0, 0.1) is 6.92 Å². The normalized spacial score (nSPS) is 12.0. The highest BCUT2D eigenvalue weighted by atomic mass is 35.5. The highest BCUT2D eigenvalue weighted by Crippen LogP contribution is 2.25. The van der Waals surface area contributed by atoms with Gasteiger partial charge in [-0.05, 0) is 56.3 Å². The van der Waals surface area contributed by atoms with Crippen LogP contribution < -0.4 is 5.56 Å². The fourth-order valence-electron chi connectivity index (χ4n) is 3.95. The average molecular weight is 476 g/mol. The Hall–Kier alpha value is -3.48. The fourth-order valence-corrected chi connectivity index (χ4v) is 4.11. The number of carbonyl (C=O) groups excluding carboxylic acids is 1. The first-order valence-corrected chi connectivity index (χ1v) is 11.4. The Morgan fingerprint density at radius 1 is 1.09 bits per heavy atom. The zero-order valence-corrected chi connectivity index (χ0v) is 20.1. The van der Waals surface area contributed by atoms with Crippen molar-refractivity contribution in [3.8, 4) is 5.69 Å². The van der Waals surface area contributed by atoms with E-state index in [1.165, 1.54) is 0 Å². The summed E-state index contributed by atoms with van der Waals surface area (Å²) in [5, 5.41) is 0.946. The SMILES string of the molecule is COCCN(C(=O)c1ccccc1)C(C)c1nc2cc(Cl)ccc2c(=O)n1-c1ccc(C)cc1. The second-order valence-corrected chi connectivity index (χ2v) is 8.58. The zero-order valence-electron chi connectivity index (χ0n) is 19.4. The monoisotopic (exact) mass is 475 g/mol. The number of aryl methyl sites for hydroxylation is 1. The molecule has 0 N–H and O–H groups in total. The van der Waals surface area contributed by atoms with E-state index in [4.69, 9.17) is 21.3 Å². The quantitative estimate of drug-likeness (QED) is 0.368. The van der Waals surface area contributed by atoms with Crippen LogP contribution in [-0.4, -0.2) is 40.6 Å². The molecule has 1 atom stereocenters. The topological polar surface area (TPSA) is 64.4 Å². The Bertz CT molecular complexity index is 1370. The van der Waals surface area contributed by atoms with Crippen molar-refractivity contribution in [1.29, 1.82) is 0 Å². The van der Waals surface area contributed by atoms with E-state index in [0.717, 1.165) is 5.56 Å². The van der Waals surface area contributed by atoms with Gasteiger partial charge in [0.15, 0.2) is 0 Å². The van der Waals surface area contributed by atoms with Gasteiger partial charge in [0, 0.05) is 24.2 Å². The van der Waals surface area contributed by atoms with Crippen molar-refractivity contribution in [3.63, 3.8) is 0 Å². The standard InChI is InChI=1S/C27H26ClN3O3/c1-18-9-12-22(13-10-18)31-25(29-24-17-21(28)11-14-23(24)27(31)33)19(2)30(15-16-34-3)26(32)20-7-5-4-6-8-20/h4-14,17,19H,15-16H2,1-3H3. The first-order chi connectivity index (χ1) is 16.4. The first kappa shape index (κ1) is 23.7. The summed E-state index contributed by atoms with van der Waals surface area (Å²) in [6, 6.07) is 21.2. The number of fused-ring (bicyclic) bond motifs is 1. The number of halogens is 1. The lowest BCUT2D eigenvalue weighted by Gasteiger charge is -2.30. The maximum atomic E-state index is 13.7. The van der Waals surface area contributed by atoms with E-state index >= 15 is 0 Å². The van der Waals surface area contributed by atoms with Crippen LogP contribution >= 0.6 is 11.6 Å². The lowest BCUT2D eigenvalue weighted by Crippen LogP contribution is -2.39. The predicted octanol–water partition coefficient (Wildman–Crippen LogP) is 5.20. The van der Waals surface area contributed by atoms with Gasteiger partial charge in [0.1, 0.15) is 5.82 Å². The van der Waals surface area contributed by atoms with E-state index in [0.29, 0.717) is 46.2 Å². The highest BCUT2D eigenvalue weighted by Gasteiger charge is 2.27. The van der Waals surface area contributed by atoms with Crippen molar-refractivity contribution in [1.82, 2.24) is 14.5 Å². The summed E-state index contributed by atoms with van der Waals surface area (Å²) < 4.78 is 6.86. The van der Waals surface area contributed by atoms with Crippen LogP contribution in [0.3, 0.4) is 0 Å². The molecular weight excluding hydrogens is 450 g/mol. The van der Waals surface area contributed by atoms with Crippen molar-refractivity contribution in [2.24, 2.45) is 0 Å². The molecule has 0 spiro atoms. The third-order valence-corrected chi connectivity index (χ3v) is 6.04. The van der Waals surface area contributed by atoms with Crippen LogP contribution in [-0.2, 0) is 4.74 Å². The average Bonchev–Trinajstić information content (AvgIpc) is 2.85. The predicted molar refractivity (Wildman–Crippen MR) is 135 cm³/mol. The van der Waals surface area contributed by atoms with Gasteiger partial charge in [-0.2, -0.15) is 0 Å². The van der Waals surface area contributed by atoms with E-state index < -0.39 is 6.04 Å². The smallest absolute Gasteiger partial charge is 0.266 e. The molecule has 1 aromatic heterocycles. The number of carbonyl (C=O) groups is 1. The molecule has 34 heavy (non-hydrogen) atoms. The van der Waals surface area contributed by atoms with Crippen LogP contribution in [0.1, 0.15) is 34.7 Å². The molecule has 0 radical (unpaired) electrons. The number of rotatable bonds is 7. The minimum atomic E-state index is -0.528. The van der Waals surface area contributed by atoms with Crippen LogP contribution in [0.15, 0.2) is 77.6 Å². The lowest BCUT2D eigenvalue weighted by atomic mass is 10.1. The summed E-state index contributed by atoms with van der Waals surface area (Å²) >= 11 is 6.21. The van der Waals surface area contributed by atoms with Crippen molar-refractivity contribution in [2.75, 3.05) is 20.3 Å². The molecular formula is C27H26ClN3O3. The van der Waals surface area contributed by atoms with Gasteiger partial charge in [-0.25, -0.2) is 4.98 Å². The van der Waals surface area contributed by atoms with Gasteiger partial charge in [0.05, 0.1) is 29.2 Å². The van der Waals surface area contributed by atoms with E-state index in [9.17, 15) is 9.59 Å². The lowest BCUT2D eigenvalue weighted by molar-refractivity contribution is 0.0605. The molecule has 0 saturated carbocycles. The summed E-state index contributed by atoms with van der Waals surface area (Å²) in [6.45, 7) is 4.54. The molecule has 0 saturated heterocycles.